The van der Waals surface area contributed by atoms with Crippen molar-refractivity contribution in [2.24, 2.45) is 5.92 Å². The summed E-state index contributed by atoms with van der Waals surface area (Å²) in [5, 5.41) is 22.5. The first-order chi connectivity index (χ1) is 8.61. The van der Waals surface area contributed by atoms with E-state index in [1.165, 1.54) is 17.4 Å². The van der Waals surface area contributed by atoms with Gasteiger partial charge in [0.2, 0.25) is 0 Å². The molecule has 1 fully saturated rings. The van der Waals surface area contributed by atoms with Crippen LogP contribution in [0.4, 0.5) is 9.80 Å². The molecule has 0 bridgehead atoms. The summed E-state index contributed by atoms with van der Waals surface area (Å²) < 4.78 is 0. The summed E-state index contributed by atoms with van der Waals surface area (Å²) in [5.41, 5.74) is 0.103. The van der Waals surface area contributed by atoms with Gasteiger partial charge in [0.25, 0.3) is 0 Å². The molecule has 1 atom stereocenters. The van der Waals surface area contributed by atoms with Gasteiger partial charge in [-0.05, 0) is 17.9 Å². The molecule has 2 rings (SSSR count). The van der Waals surface area contributed by atoms with E-state index >= 15 is 0 Å². The number of anilines is 1. The number of amides is 2. The van der Waals surface area contributed by atoms with Gasteiger partial charge in [-0.1, -0.05) is 0 Å². The lowest BCUT2D eigenvalue weighted by atomic mass is 10.1. The predicted molar refractivity (Wildman–Crippen MR) is 67.1 cm³/mol. The molecule has 98 valence electrons. The van der Waals surface area contributed by atoms with Crippen molar-refractivity contribution < 1.29 is 19.8 Å². The fraction of sp³-hybridized carbons (Fsp3) is 0.455. The van der Waals surface area contributed by atoms with Crippen molar-refractivity contribution in [3.05, 3.63) is 17.0 Å². The van der Waals surface area contributed by atoms with Crippen molar-refractivity contribution >= 4 is 28.3 Å². The van der Waals surface area contributed by atoms with E-state index in [1.807, 2.05) is 0 Å². The maximum absolute atomic E-state index is 11.9. The van der Waals surface area contributed by atoms with Crippen molar-refractivity contribution in [2.75, 3.05) is 25.0 Å². The van der Waals surface area contributed by atoms with Gasteiger partial charge in [-0.3, -0.25) is 5.32 Å². The second-order valence-electron chi connectivity index (χ2n) is 4.18. The van der Waals surface area contributed by atoms with Gasteiger partial charge in [0.1, 0.15) is 5.00 Å². The monoisotopic (exact) mass is 270 g/mol. The molecule has 0 radical (unpaired) electrons. The van der Waals surface area contributed by atoms with Crippen LogP contribution in [0.2, 0.25) is 0 Å². The fourth-order valence-corrected chi connectivity index (χ4v) is 2.69. The number of urea groups is 1. The van der Waals surface area contributed by atoms with Gasteiger partial charge in [0.15, 0.2) is 0 Å². The average Bonchev–Trinajstić information content (AvgIpc) is 2.96. The summed E-state index contributed by atoms with van der Waals surface area (Å²) >= 11 is 1.18. The van der Waals surface area contributed by atoms with E-state index in [2.05, 4.69) is 5.32 Å². The topological polar surface area (TPSA) is 89.9 Å². The minimum atomic E-state index is -1.05. The molecule has 0 saturated carbocycles. The highest BCUT2D eigenvalue weighted by Crippen LogP contribution is 2.24. The van der Waals surface area contributed by atoms with E-state index in [0.717, 1.165) is 6.42 Å². The molecule has 2 amide bonds. The number of carbonyl (C=O) groups excluding carboxylic acids is 1. The van der Waals surface area contributed by atoms with Crippen LogP contribution >= 0.6 is 11.3 Å². The standard InChI is InChI=1S/C11H14N2O4S/c14-6-7-1-3-13(5-7)11(17)12-9-8(10(15)16)2-4-18-9/h2,4,7,14H,1,3,5-6H2,(H,12,17)(H,15,16). The zero-order valence-corrected chi connectivity index (χ0v) is 10.4. The van der Waals surface area contributed by atoms with Crippen LogP contribution in [0.3, 0.4) is 0 Å². The van der Waals surface area contributed by atoms with Gasteiger partial charge in [-0.15, -0.1) is 11.3 Å². The maximum Gasteiger partial charge on any atom is 0.338 e. The second-order valence-corrected chi connectivity index (χ2v) is 5.10. The van der Waals surface area contributed by atoms with Gasteiger partial charge < -0.3 is 15.1 Å². The highest BCUT2D eigenvalue weighted by molar-refractivity contribution is 7.14. The second kappa shape index (κ2) is 5.36. The normalized spacial score (nSPS) is 18.9. The third-order valence-electron chi connectivity index (χ3n) is 2.95. The Bertz CT molecular complexity index is 460. The van der Waals surface area contributed by atoms with Crippen molar-refractivity contribution in [2.45, 2.75) is 6.42 Å². The number of carbonyl (C=O) groups is 2. The number of thiophene rings is 1. The lowest BCUT2D eigenvalue weighted by molar-refractivity contribution is 0.0698. The first-order valence-electron chi connectivity index (χ1n) is 5.59. The number of rotatable bonds is 3. The Hall–Kier alpha value is -1.60. The van der Waals surface area contributed by atoms with E-state index < -0.39 is 5.97 Å². The van der Waals surface area contributed by atoms with Crippen LogP contribution in [-0.2, 0) is 0 Å². The number of carboxylic acids is 1. The van der Waals surface area contributed by atoms with Crippen LogP contribution in [-0.4, -0.2) is 46.8 Å². The Balaban J connectivity index is 1.99. The lowest BCUT2D eigenvalue weighted by Crippen LogP contribution is -2.33. The number of carboxylic acid groups (broad SMARTS) is 1. The third-order valence-corrected chi connectivity index (χ3v) is 3.78. The molecule has 0 spiro atoms. The highest BCUT2D eigenvalue weighted by Gasteiger charge is 2.26. The molecule has 1 saturated heterocycles. The molecule has 0 aromatic carbocycles. The van der Waals surface area contributed by atoms with E-state index in [0.29, 0.717) is 18.1 Å². The summed E-state index contributed by atoms with van der Waals surface area (Å²) in [4.78, 5) is 24.4. The smallest absolute Gasteiger partial charge is 0.338 e. The molecule has 1 aliphatic heterocycles. The molecule has 1 unspecified atom stereocenters. The average molecular weight is 270 g/mol. The number of nitrogens with zero attached hydrogens (tertiary/aromatic N) is 1. The summed E-state index contributed by atoms with van der Waals surface area (Å²) in [6.07, 6.45) is 0.778. The summed E-state index contributed by atoms with van der Waals surface area (Å²) in [5.74, 6) is -0.931. The molecule has 1 aromatic heterocycles. The Morgan fingerprint density at radius 2 is 2.33 bits per heavy atom. The minimum Gasteiger partial charge on any atom is -0.478 e. The number of aliphatic hydroxyl groups excluding tert-OH is 1. The van der Waals surface area contributed by atoms with E-state index in [9.17, 15) is 9.59 Å². The van der Waals surface area contributed by atoms with Crippen LogP contribution in [0.5, 0.6) is 0 Å². The minimum absolute atomic E-state index is 0.0726. The molecular weight excluding hydrogens is 256 g/mol. The first-order valence-corrected chi connectivity index (χ1v) is 6.47. The molecule has 1 aliphatic rings. The summed E-state index contributed by atoms with van der Waals surface area (Å²) in [6.45, 7) is 1.17. The van der Waals surface area contributed by atoms with E-state index in [-0.39, 0.29) is 24.1 Å². The van der Waals surface area contributed by atoms with Gasteiger partial charge in [-0.25, -0.2) is 9.59 Å². The van der Waals surface area contributed by atoms with Crippen molar-refractivity contribution in [3.63, 3.8) is 0 Å². The Labute approximate surface area is 108 Å². The molecule has 18 heavy (non-hydrogen) atoms. The number of hydrogen-bond donors (Lipinski definition) is 3. The first kappa shape index (κ1) is 12.8. The van der Waals surface area contributed by atoms with Gasteiger partial charge >= 0.3 is 12.0 Å². The molecule has 7 heteroatoms. The maximum atomic E-state index is 11.9. The zero-order valence-electron chi connectivity index (χ0n) is 9.63. The molecule has 1 aromatic rings. The molecule has 2 heterocycles. The van der Waals surface area contributed by atoms with E-state index in [4.69, 9.17) is 10.2 Å². The molecular formula is C11H14N2O4S. The number of hydrogen-bond acceptors (Lipinski definition) is 4. The lowest BCUT2D eigenvalue weighted by Gasteiger charge is -2.16. The van der Waals surface area contributed by atoms with Crippen LogP contribution in [0.1, 0.15) is 16.8 Å². The van der Waals surface area contributed by atoms with Crippen LogP contribution in [0.25, 0.3) is 0 Å². The van der Waals surface area contributed by atoms with Gasteiger partial charge in [0.05, 0.1) is 5.56 Å². The molecule has 0 aliphatic carbocycles. The van der Waals surface area contributed by atoms with Gasteiger partial charge in [-0.2, -0.15) is 0 Å². The Morgan fingerprint density at radius 1 is 1.56 bits per heavy atom. The number of likely N-dealkylation sites (tertiary alicyclic amines) is 1. The molecule has 6 nitrogen and oxygen atoms in total. The number of nitrogens with one attached hydrogen (secondary N) is 1. The van der Waals surface area contributed by atoms with Crippen molar-refractivity contribution in [1.29, 1.82) is 0 Å². The highest BCUT2D eigenvalue weighted by atomic mass is 32.1. The van der Waals surface area contributed by atoms with Crippen LogP contribution < -0.4 is 5.32 Å². The predicted octanol–water partition coefficient (Wildman–Crippen LogP) is 1.29. The zero-order chi connectivity index (χ0) is 13.1. The summed E-state index contributed by atoms with van der Waals surface area (Å²) in [7, 11) is 0. The number of aliphatic hydroxyl groups is 1. The largest absolute Gasteiger partial charge is 0.478 e. The van der Waals surface area contributed by atoms with E-state index in [1.54, 1.807) is 10.3 Å². The SMILES string of the molecule is O=C(O)c1ccsc1NC(=O)N1CCC(CO)C1. The number of aromatic carboxylic acids is 1. The Kier molecular flexibility index (Phi) is 3.83. The summed E-state index contributed by atoms with van der Waals surface area (Å²) in [6, 6.07) is 1.15. The van der Waals surface area contributed by atoms with Crippen LogP contribution in [0.15, 0.2) is 11.4 Å². The molecule has 3 N–H and O–H groups in total. The van der Waals surface area contributed by atoms with Gasteiger partial charge in [0, 0.05) is 25.6 Å². The van der Waals surface area contributed by atoms with Crippen molar-refractivity contribution in [1.82, 2.24) is 4.90 Å². The van der Waals surface area contributed by atoms with Crippen LogP contribution in [0, 0.1) is 5.92 Å². The Morgan fingerprint density at radius 3 is 2.94 bits per heavy atom. The quantitative estimate of drug-likeness (QED) is 0.772. The van der Waals surface area contributed by atoms with Crippen molar-refractivity contribution in [3.8, 4) is 0 Å². The third kappa shape index (κ3) is 2.62. The fourth-order valence-electron chi connectivity index (χ4n) is 1.92.